The number of aryl methyl sites for hydroxylation is 3. The average molecular weight is 257 g/mol. The molecule has 3 nitrogen and oxygen atoms in total. The summed E-state index contributed by atoms with van der Waals surface area (Å²) < 4.78 is 1.96. The van der Waals surface area contributed by atoms with E-state index in [1.165, 1.54) is 5.56 Å². The summed E-state index contributed by atoms with van der Waals surface area (Å²) in [5, 5.41) is 5.70. The van der Waals surface area contributed by atoms with Gasteiger partial charge in [-0.3, -0.25) is 0 Å². The molecule has 0 spiro atoms. The van der Waals surface area contributed by atoms with Crippen LogP contribution in [0, 0.1) is 13.8 Å². The van der Waals surface area contributed by atoms with Crippen LogP contribution in [0.5, 0.6) is 0 Å². The van der Waals surface area contributed by atoms with Gasteiger partial charge in [-0.1, -0.05) is 48.1 Å². The van der Waals surface area contributed by atoms with E-state index in [0.717, 1.165) is 33.3 Å². The zero-order valence-corrected chi connectivity index (χ0v) is 11.6. The predicted molar refractivity (Wildman–Crippen MR) is 75.2 cm³/mol. The SMILES string of the molecule is CCc1nn2c(C)c(-c3ccc(C)cc3)nc2s1. The van der Waals surface area contributed by atoms with E-state index in [-0.39, 0.29) is 0 Å². The zero-order chi connectivity index (χ0) is 12.7. The molecule has 18 heavy (non-hydrogen) atoms. The van der Waals surface area contributed by atoms with Crippen molar-refractivity contribution in [2.45, 2.75) is 27.2 Å². The largest absolute Gasteiger partial charge is 0.217 e. The van der Waals surface area contributed by atoms with Crippen LogP contribution in [0.4, 0.5) is 0 Å². The van der Waals surface area contributed by atoms with Crippen LogP contribution in [-0.4, -0.2) is 14.6 Å². The molecule has 3 rings (SSSR count). The van der Waals surface area contributed by atoms with Gasteiger partial charge in [0.1, 0.15) is 5.01 Å². The lowest BCUT2D eigenvalue weighted by atomic mass is 10.1. The molecule has 0 fully saturated rings. The minimum absolute atomic E-state index is 0.966. The summed E-state index contributed by atoms with van der Waals surface area (Å²) in [6.07, 6.45) is 0.966. The Labute approximate surface area is 110 Å². The van der Waals surface area contributed by atoms with E-state index >= 15 is 0 Å². The van der Waals surface area contributed by atoms with E-state index in [0.29, 0.717) is 0 Å². The van der Waals surface area contributed by atoms with Crippen molar-refractivity contribution in [2.24, 2.45) is 0 Å². The highest BCUT2D eigenvalue weighted by Crippen LogP contribution is 2.26. The maximum Gasteiger partial charge on any atom is 0.212 e. The molecule has 0 aliphatic carbocycles. The lowest BCUT2D eigenvalue weighted by Gasteiger charge is -1.99. The molecule has 0 aliphatic heterocycles. The van der Waals surface area contributed by atoms with Crippen molar-refractivity contribution in [1.82, 2.24) is 14.6 Å². The normalized spacial score (nSPS) is 11.3. The zero-order valence-electron chi connectivity index (χ0n) is 10.8. The fourth-order valence-corrected chi connectivity index (χ4v) is 2.90. The van der Waals surface area contributed by atoms with Crippen molar-refractivity contribution in [1.29, 1.82) is 0 Å². The van der Waals surface area contributed by atoms with E-state index in [1.54, 1.807) is 11.3 Å². The monoisotopic (exact) mass is 257 g/mol. The summed E-state index contributed by atoms with van der Waals surface area (Å²) in [6, 6.07) is 8.48. The number of benzene rings is 1. The first kappa shape index (κ1) is 11.4. The van der Waals surface area contributed by atoms with Crippen LogP contribution < -0.4 is 0 Å². The molecule has 0 radical (unpaired) electrons. The van der Waals surface area contributed by atoms with Gasteiger partial charge in [-0.15, -0.1) is 0 Å². The second-order valence-electron chi connectivity index (χ2n) is 4.46. The number of rotatable bonds is 2. The van der Waals surface area contributed by atoms with Gasteiger partial charge in [0.05, 0.1) is 11.4 Å². The van der Waals surface area contributed by atoms with Gasteiger partial charge < -0.3 is 0 Å². The van der Waals surface area contributed by atoms with Crippen LogP contribution in [-0.2, 0) is 6.42 Å². The molecular weight excluding hydrogens is 242 g/mol. The first-order valence-electron chi connectivity index (χ1n) is 6.11. The van der Waals surface area contributed by atoms with Crippen molar-refractivity contribution < 1.29 is 0 Å². The van der Waals surface area contributed by atoms with Gasteiger partial charge in [-0.05, 0) is 20.3 Å². The van der Waals surface area contributed by atoms with E-state index < -0.39 is 0 Å². The number of hydrogen-bond acceptors (Lipinski definition) is 3. The molecule has 0 bridgehead atoms. The molecule has 0 unspecified atom stereocenters. The average Bonchev–Trinajstić information content (AvgIpc) is 2.90. The van der Waals surface area contributed by atoms with Gasteiger partial charge >= 0.3 is 0 Å². The molecule has 92 valence electrons. The fraction of sp³-hybridized carbons (Fsp3) is 0.286. The van der Waals surface area contributed by atoms with Gasteiger partial charge in [0.25, 0.3) is 0 Å². The van der Waals surface area contributed by atoms with E-state index in [4.69, 9.17) is 4.98 Å². The fourth-order valence-electron chi connectivity index (χ4n) is 2.02. The molecule has 0 saturated heterocycles. The number of hydrogen-bond donors (Lipinski definition) is 0. The van der Waals surface area contributed by atoms with Crippen molar-refractivity contribution in [3.8, 4) is 11.3 Å². The Kier molecular flexibility index (Phi) is 2.67. The van der Waals surface area contributed by atoms with Crippen LogP contribution in [0.3, 0.4) is 0 Å². The van der Waals surface area contributed by atoms with Crippen molar-refractivity contribution >= 4 is 16.3 Å². The summed E-state index contributed by atoms with van der Waals surface area (Å²) in [6.45, 7) is 6.29. The van der Waals surface area contributed by atoms with E-state index in [2.05, 4.69) is 50.1 Å². The second-order valence-corrected chi connectivity index (χ2v) is 5.50. The molecule has 0 aliphatic rings. The summed E-state index contributed by atoms with van der Waals surface area (Å²) in [5.74, 6) is 0. The van der Waals surface area contributed by atoms with Crippen molar-refractivity contribution in [3.63, 3.8) is 0 Å². The molecule has 1 aromatic carbocycles. The third-order valence-electron chi connectivity index (χ3n) is 3.10. The van der Waals surface area contributed by atoms with Gasteiger partial charge in [-0.2, -0.15) is 5.10 Å². The Morgan fingerprint density at radius 1 is 1.17 bits per heavy atom. The van der Waals surface area contributed by atoms with Crippen LogP contribution in [0.15, 0.2) is 24.3 Å². The lowest BCUT2D eigenvalue weighted by Crippen LogP contribution is -1.90. The maximum atomic E-state index is 4.70. The van der Waals surface area contributed by atoms with E-state index in [1.807, 2.05) is 4.52 Å². The molecule has 0 atom stereocenters. The van der Waals surface area contributed by atoms with Crippen molar-refractivity contribution in [2.75, 3.05) is 0 Å². The molecule has 3 aromatic rings. The van der Waals surface area contributed by atoms with Crippen molar-refractivity contribution in [3.05, 3.63) is 40.5 Å². The molecule has 0 N–H and O–H groups in total. The first-order chi connectivity index (χ1) is 8.69. The minimum atomic E-state index is 0.966. The lowest BCUT2D eigenvalue weighted by molar-refractivity contribution is 0.882. The van der Waals surface area contributed by atoms with Crippen LogP contribution in [0.2, 0.25) is 0 Å². The highest BCUT2D eigenvalue weighted by atomic mass is 32.1. The standard InChI is InChI=1S/C14H15N3S/c1-4-12-16-17-10(3)13(15-14(17)18-12)11-7-5-9(2)6-8-11/h5-8H,4H2,1-3H3. The third kappa shape index (κ3) is 1.73. The molecule has 2 aromatic heterocycles. The van der Waals surface area contributed by atoms with Crippen LogP contribution in [0.25, 0.3) is 16.2 Å². The minimum Gasteiger partial charge on any atom is -0.217 e. The molecule has 0 amide bonds. The van der Waals surface area contributed by atoms with Gasteiger partial charge in [0.2, 0.25) is 4.96 Å². The smallest absolute Gasteiger partial charge is 0.212 e. The topological polar surface area (TPSA) is 30.2 Å². The summed E-state index contributed by atoms with van der Waals surface area (Å²) in [7, 11) is 0. The van der Waals surface area contributed by atoms with E-state index in [9.17, 15) is 0 Å². The summed E-state index contributed by atoms with van der Waals surface area (Å²) in [5.41, 5.74) is 4.58. The summed E-state index contributed by atoms with van der Waals surface area (Å²) >= 11 is 1.67. The Hall–Kier alpha value is -1.68. The third-order valence-corrected chi connectivity index (χ3v) is 4.15. The van der Waals surface area contributed by atoms with Crippen LogP contribution in [0.1, 0.15) is 23.2 Å². The molecule has 2 heterocycles. The summed E-state index contributed by atoms with van der Waals surface area (Å²) in [4.78, 5) is 5.69. The molecule has 0 saturated carbocycles. The number of imidazole rings is 1. The predicted octanol–water partition coefficient (Wildman–Crippen LogP) is 3.64. The van der Waals surface area contributed by atoms with Gasteiger partial charge in [0, 0.05) is 5.56 Å². The number of aromatic nitrogens is 3. The highest BCUT2D eigenvalue weighted by Gasteiger charge is 2.13. The quantitative estimate of drug-likeness (QED) is 0.701. The highest BCUT2D eigenvalue weighted by molar-refractivity contribution is 7.16. The molecular formula is C14H15N3S. The Morgan fingerprint density at radius 2 is 1.89 bits per heavy atom. The number of nitrogens with zero attached hydrogens (tertiary/aromatic N) is 3. The maximum absolute atomic E-state index is 4.70. The number of fused-ring (bicyclic) bond motifs is 1. The van der Waals surface area contributed by atoms with Crippen LogP contribution >= 0.6 is 11.3 Å². The Balaban J connectivity index is 2.15. The van der Waals surface area contributed by atoms with Gasteiger partial charge in [-0.25, -0.2) is 9.50 Å². The Bertz CT molecular complexity index is 692. The first-order valence-corrected chi connectivity index (χ1v) is 6.92. The molecule has 4 heteroatoms. The Morgan fingerprint density at radius 3 is 2.50 bits per heavy atom. The van der Waals surface area contributed by atoms with Gasteiger partial charge in [0.15, 0.2) is 0 Å². The second kappa shape index (κ2) is 4.21.